The van der Waals surface area contributed by atoms with Crippen molar-refractivity contribution < 1.29 is 19.5 Å². The average molecular weight is 410 g/mol. The number of carbonyl (C=O) groups is 3. The molecule has 0 saturated carbocycles. The summed E-state index contributed by atoms with van der Waals surface area (Å²) in [6, 6.07) is 6.28. The van der Waals surface area contributed by atoms with Crippen molar-refractivity contribution in [3.63, 3.8) is 0 Å². The number of Topliss-reactive ketones (excluding diaryl/α,β-unsaturated/α-hetero) is 1. The predicted octanol–water partition coefficient (Wildman–Crippen LogP) is 3.76. The molecule has 0 aliphatic carbocycles. The molecule has 1 heterocycles. The van der Waals surface area contributed by atoms with Crippen LogP contribution in [0.1, 0.15) is 49.9 Å². The third-order valence-corrected chi connectivity index (χ3v) is 5.29. The van der Waals surface area contributed by atoms with Crippen molar-refractivity contribution in [1.82, 2.24) is 4.90 Å². The topological polar surface area (TPSA) is 74.7 Å². The Balaban J connectivity index is 2.16. The summed E-state index contributed by atoms with van der Waals surface area (Å²) >= 11 is 3.34. The van der Waals surface area contributed by atoms with E-state index in [2.05, 4.69) is 15.9 Å². The maximum absolute atomic E-state index is 13.0. The molecule has 25 heavy (non-hydrogen) atoms. The second-order valence-electron chi connectivity index (χ2n) is 6.87. The second kappa shape index (κ2) is 8.61. The lowest BCUT2D eigenvalue weighted by atomic mass is 9.86. The normalized spacial score (nSPS) is 18.9. The largest absolute Gasteiger partial charge is 0.480 e. The van der Waals surface area contributed by atoms with Gasteiger partial charge in [-0.05, 0) is 37.3 Å². The summed E-state index contributed by atoms with van der Waals surface area (Å²) in [5.41, 5.74) is 0.565. The molecule has 5 nitrogen and oxygen atoms in total. The van der Waals surface area contributed by atoms with Crippen molar-refractivity contribution in [3.8, 4) is 0 Å². The Morgan fingerprint density at radius 3 is 2.40 bits per heavy atom. The first-order chi connectivity index (χ1) is 11.8. The van der Waals surface area contributed by atoms with Gasteiger partial charge in [0.1, 0.15) is 6.04 Å². The molecular formula is C19H24BrNO4. The van der Waals surface area contributed by atoms with Gasteiger partial charge in [0.05, 0.1) is 0 Å². The van der Waals surface area contributed by atoms with Gasteiger partial charge in [0, 0.05) is 28.9 Å². The van der Waals surface area contributed by atoms with Gasteiger partial charge in [-0.15, -0.1) is 0 Å². The molecule has 1 fully saturated rings. The summed E-state index contributed by atoms with van der Waals surface area (Å²) in [6.07, 6.45) is 2.19. The van der Waals surface area contributed by atoms with E-state index < -0.39 is 17.9 Å². The molecule has 2 rings (SSSR count). The van der Waals surface area contributed by atoms with Crippen LogP contribution >= 0.6 is 15.9 Å². The Labute approximate surface area is 156 Å². The standard InChI is InChI=1S/C19H24BrNO4/c1-12(2)15(11-17(22)13-6-8-14(20)9-7-13)18(23)21-10-4-3-5-16(21)19(24)25/h6-9,12,15-16H,3-5,10-11H2,1-2H3,(H,24,25)/t15-,16-/m0/s1. The first-order valence-electron chi connectivity index (χ1n) is 8.63. The van der Waals surface area contributed by atoms with E-state index in [-0.39, 0.29) is 24.0 Å². The number of piperidine rings is 1. The highest BCUT2D eigenvalue weighted by Gasteiger charge is 2.37. The van der Waals surface area contributed by atoms with Crippen molar-refractivity contribution in [2.24, 2.45) is 11.8 Å². The van der Waals surface area contributed by atoms with E-state index in [0.29, 0.717) is 18.5 Å². The van der Waals surface area contributed by atoms with Crippen LogP contribution in [0.15, 0.2) is 28.7 Å². The van der Waals surface area contributed by atoms with Gasteiger partial charge in [0.25, 0.3) is 0 Å². The molecule has 1 N–H and O–H groups in total. The molecule has 1 aliphatic rings. The van der Waals surface area contributed by atoms with E-state index in [4.69, 9.17) is 0 Å². The minimum absolute atomic E-state index is 0.0386. The molecule has 1 aliphatic heterocycles. The summed E-state index contributed by atoms with van der Waals surface area (Å²) in [6.45, 7) is 4.25. The minimum atomic E-state index is -0.963. The number of ketones is 1. The highest BCUT2D eigenvalue weighted by atomic mass is 79.9. The number of carbonyl (C=O) groups excluding carboxylic acids is 2. The molecule has 0 bridgehead atoms. The van der Waals surface area contributed by atoms with Crippen LogP contribution in [0, 0.1) is 11.8 Å². The quantitative estimate of drug-likeness (QED) is 0.725. The monoisotopic (exact) mass is 409 g/mol. The summed E-state index contributed by atoms with van der Waals surface area (Å²) in [7, 11) is 0. The molecule has 6 heteroatoms. The first-order valence-corrected chi connectivity index (χ1v) is 9.42. The van der Waals surface area contributed by atoms with Gasteiger partial charge in [0.15, 0.2) is 5.78 Å². The van der Waals surface area contributed by atoms with Crippen LogP contribution in [-0.2, 0) is 9.59 Å². The zero-order valence-electron chi connectivity index (χ0n) is 14.6. The lowest BCUT2D eigenvalue weighted by Gasteiger charge is -2.36. The van der Waals surface area contributed by atoms with Crippen LogP contribution in [0.2, 0.25) is 0 Å². The van der Waals surface area contributed by atoms with Crippen molar-refractivity contribution >= 4 is 33.6 Å². The number of hydrogen-bond acceptors (Lipinski definition) is 3. The highest BCUT2D eigenvalue weighted by molar-refractivity contribution is 9.10. The Bertz CT molecular complexity index is 641. The van der Waals surface area contributed by atoms with Gasteiger partial charge in [-0.3, -0.25) is 9.59 Å². The van der Waals surface area contributed by atoms with Crippen molar-refractivity contribution in [2.45, 2.75) is 45.6 Å². The predicted molar refractivity (Wildman–Crippen MR) is 98.4 cm³/mol. The maximum Gasteiger partial charge on any atom is 0.326 e. The van der Waals surface area contributed by atoms with Crippen LogP contribution in [-0.4, -0.2) is 40.3 Å². The molecule has 0 radical (unpaired) electrons. The first kappa shape index (κ1) is 19.6. The number of aliphatic carboxylic acids is 1. The Morgan fingerprint density at radius 2 is 1.84 bits per heavy atom. The van der Waals surface area contributed by atoms with E-state index >= 15 is 0 Å². The minimum Gasteiger partial charge on any atom is -0.480 e. The number of benzene rings is 1. The smallest absolute Gasteiger partial charge is 0.326 e. The zero-order valence-corrected chi connectivity index (χ0v) is 16.2. The number of carboxylic acid groups (broad SMARTS) is 1. The lowest BCUT2D eigenvalue weighted by Crippen LogP contribution is -2.51. The maximum atomic E-state index is 13.0. The number of likely N-dealkylation sites (tertiary alicyclic amines) is 1. The number of rotatable bonds is 6. The van der Waals surface area contributed by atoms with E-state index in [1.165, 1.54) is 4.90 Å². The van der Waals surface area contributed by atoms with Crippen molar-refractivity contribution in [2.75, 3.05) is 6.54 Å². The lowest BCUT2D eigenvalue weighted by molar-refractivity contribution is -0.154. The number of hydrogen-bond donors (Lipinski definition) is 1. The number of carboxylic acids is 1. The van der Waals surface area contributed by atoms with Crippen LogP contribution in [0.5, 0.6) is 0 Å². The van der Waals surface area contributed by atoms with Crippen LogP contribution in [0.4, 0.5) is 0 Å². The van der Waals surface area contributed by atoms with Gasteiger partial charge in [-0.1, -0.05) is 41.9 Å². The van der Waals surface area contributed by atoms with Crippen LogP contribution in [0.3, 0.4) is 0 Å². The fourth-order valence-corrected chi connectivity index (χ4v) is 3.49. The number of halogens is 1. The third-order valence-electron chi connectivity index (χ3n) is 4.76. The fraction of sp³-hybridized carbons (Fsp3) is 0.526. The molecule has 0 unspecified atom stereocenters. The SMILES string of the molecule is CC(C)[C@H](CC(=O)c1ccc(Br)cc1)C(=O)N1CCCC[C@H]1C(=O)O. The molecule has 2 atom stereocenters. The van der Waals surface area contributed by atoms with E-state index in [9.17, 15) is 19.5 Å². The molecular weight excluding hydrogens is 386 g/mol. The number of nitrogens with zero attached hydrogens (tertiary/aromatic N) is 1. The molecule has 1 aromatic carbocycles. The summed E-state index contributed by atoms with van der Waals surface area (Å²) in [5.74, 6) is -1.81. The van der Waals surface area contributed by atoms with Gasteiger partial charge in [0.2, 0.25) is 5.91 Å². The average Bonchev–Trinajstić information content (AvgIpc) is 2.59. The second-order valence-corrected chi connectivity index (χ2v) is 7.78. The van der Waals surface area contributed by atoms with Crippen LogP contribution in [0.25, 0.3) is 0 Å². The van der Waals surface area contributed by atoms with Gasteiger partial charge in [-0.2, -0.15) is 0 Å². The Morgan fingerprint density at radius 1 is 1.20 bits per heavy atom. The molecule has 1 aromatic rings. The molecule has 136 valence electrons. The highest BCUT2D eigenvalue weighted by Crippen LogP contribution is 2.26. The van der Waals surface area contributed by atoms with E-state index in [1.807, 2.05) is 13.8 Å². The van der Waals surface area contributed by atoms with E-state index in [1.54, 1.807) is 24.3 Å². The fourth-order valence-electron chi connectivity index (χ4n) is 3.23. The van der Waals surface area contributed by atoms with Crippen molar-refractivity contribution in [3.05, 3.63) is 34.3 Å². The summed E-state index contributed by atoms with van der Waals surface area (Å²) < 4.78 is 0.887. The van der Waals surface area contributed by atoms with Crippen molar-refractivity contribution in [1.29, 1.82) is 0 Å². The third kappa shape index (κ3) is 4.91. The molecule has 0 aromatic heterocycles. The van der Waals surface area contributed by atoms with E-state index in [0.717, 1.165) is 17.3 Å². The Kier molecular flexibility index (Phi) is 6.76. The zero-order chi connectivity index (χ0) is 18.6. The molecule has 1 saturated heterocycles. The molecule has 0 spiro atoms. The van der Waals surface area contributed by atoms with Crippen LogP contribution < -0.4 is 0 Å². The Hall–Kier alpha value is -1.69. The molecule has 1 amide bonds. The van der Waals surface area contributed by atoms with Gasteiger partial charge in [-0.25, -0.2) is 4.79 Å². The number of amides is 1. The summed E-state index contributed by atoms with van der Waals surface area (Å²) in [4.78, 5) is 38.5. The summed E-state index contributed by atoms with van der Waals surface area (Å²) in [5, 5.41) is 9.40. The van der Waals surface area contributed by atoms with Gasteiger partial charge < -0.3 is 10.0 Å². The van der Waals surface area contributed by atoms with Gasteiger partial charge >= 0.3 is 5.97 Å².